The third kappa shape index (κ3) is 6.68. The molecular weight excluding hydrogens is 484 g/mol. The first kappa shape index (κ1) is 27.3. The summed E-state index contributed by atoms with van der Waals surface area (Å²) in [6.07, 6.45) is 6.61. The molecule has 3 rings (SSSR count). The van der Waals surface area contributed by atoms with Crippen LogP contribution in [0.4, 0.5) is 0 Å². The van der Waals surface area contributed by atoms with Crippen molar-refractivity contribution in [1.29, 1.82) is 0 Å². The number of hydrogen-bond acceptors (Lipinski definition) is 6. The predicted molar refractivity (Wildman–Crippen MR) is 136 cm³/mol. The summed E-state index contributed by atoms with van der Waals surface area (Å²) in [5.41, 5.74) is 1.48. The zero-order valence-electron chi connectivity index (χ0n) is 20.0. The van der Waals surface area contributed by atoms with E-state index in [1.807, 2.05) is 4.72 Å². The van der Waals surface area contributed by atoms with Crippen molar-refractivity contribution in [3.8, 4) is 0 Å². The number of rotatable bonds is 12. The number of piperidine rings is 1. The van der Waals surface area contributed by atoms with Crippen LogP contribution in [0.25, 0.3) is 0 Å². The Morgan fingerprint density at radius 2 is 1.97 bits per heavy atom. The van der Waals surface area contributed by atoms with Crippen LogP contribution in [-0.2, 0) is 21.4 Å². The molecule has 2 amide bonds. The van der Waals surface area contributed by atoms with Crippen molar-refractivity contribution < 1.29 is 27.9 Å². The molecule has 36 heavy (non-hydrogen) atoms. The maximum absolute atomic E-state index is 12.9. The Morgan fingerprint density at radius 3 is 2.61 bits per heavy atom. The van der Waals surface area contributed by atoms with Crippen molar-refractivity contribution in [1.82, 2.24) is 20.3 Å². The van der Waals surface area contributed by atoms with Gasteiger partial charge in [0.05, 0.1) is 4.91 Å². The van der Waals surface area contributed by atoms with Gasteiger partial charge < -0.3 is 20.6 Å². The minimum Gasteiger partial charge on any atom is -0.480 e. The molecule has 0 saturated carbocycles. The molecule has 0 aliphatic carbocycles. The SMILES string of the molecule is C=C/C=C(\C=C)S(=O)(=O)N[C@@H](CNC(=O)c1ccc2c(c1)C(=O)N(CCC1CCNCC1)C2)C(=O)O. The summed E-state index contributed by atoms with van der Waals surface area (Å²) in [6.45, 7) is 9.48. The number of nitrogens with one attached hydrogen (secondary N) is 3. The molecule has 0 bridgehead atoms. The second-order valence-corrected chi connectivity index (χ2v) is 10.5. The molecule has 2 heterocycles. The molecule has 194 valence electrons. The number of nitrogens with zero attached hydrogens (tertiary/aromatic N) is 1. The summed E-state index contributed by atoms with van der Waals surface area (Å²) >= 11 is 0. The highest BCUT2D eigenvalue weighted by Gasteiger charge is 2.30. The molecule has 1 atom stereocenters. The number of allylic oxidation sites excluding steroid dienone is 3. The van der Waals surface area contributed by atoms with E-state index in [2.05, 4.69) is 23.8 Å². The van der Waals surface area contributed by atoms with E-state index in [0.29, 0.717) is 24.6 Å². The van der Waals surface area contributed by atoms with E-state index in [1.54, 1.807) is 17.0 Å². The van der Waals surface area contributed by atoms with Crippen molar-refractivity contribution in [3.05, 3.63) is 71.2 Å². The number of amides is 2. The standard InChI is InChI=1S/C25H32N4O6S/c1-3-5-20(4-2)36(34,35)28-22(25(32)33)15-27-23(30)18-6-7-19-16-29(24(31)21(19)14-18)13-10-17-8-11-26-12-9-17/h3-7,14,17,22,26,28H,1-2,8-13,15-16H2,(H,27,30)(H,32,33)/b20-5+/t22-/m0/s1. The van der Waals surface area contributed by atoms with E-state index in [0.717, 1.165) is 44.0 Å². The Balaban J connectivity index is 1.61. The quantitative estimate of drug-likeness (QED) is 0.307. The number of carboxylic acids is 1. The fraction of sp³-hybridized carbons (Fsp3) is 0.400. The van der Waals surface area contributed by atoms with Crippen molar-refractivity contribution in [2.75, 3.05) is 26.2 Å². The summed E-state index contributed by atoms with van der Waals surface area (Å²) in [7, 11) is -4.19. The van der Waals surface area contributed by atoms with E-state index in [1.165, 1.54) is 18.2 Å². The molecule has 2 aliphatic rings. The summed E-state index contributed by atoms with van der Waals surface area (Å²) in [5, 5.41) is 15.2. The number of aliphatic carboxylic acids is 1. The topological polar surface area (TPSA) is 145 Å². The van der Waals surface area contributed by atoms with Crippen LogP contribution in [0, 0.1) is 5.92 Å². The number of carboxylic acid groups (broad SMARTS) is 1. The van der Waals surface area contributed by atoms with Crippen molar-refractivity contribution in [2.24, 2.45) is 5.92 Å². The number of sulfonamides is 1. The lowest BCUT2D eigenvalue weighted by Crippen LogP contribution is -2.48. The van der Waals surface area contributed by atoms with Crippen LogP contribution in [0.2, 0.25) is 0 Å². The number of hydrogen-bond donors (Lipinski definition) is 4. The van der Waals surface area contributed by atoms with E-state index < -0.39 is 34.5 Å². The molecule has 0 aromatic heterocycles. The zero-order valence-corrected chi connectivity index (χ0v) is 20.9. The van der Waals surface area contributed by atoms with Gasteiger partial charge in [-0.05, 0) is 68.1 Å². The number of fused-ring (bicyclic) bond motifs is 1. The monoisotopic (exact) mass is 516 g/mol. The van der Waals surface area contributed by atoms with Gasteiger partial charge in [-0.15, -0.1) is 0 Å². The first-order valence-corrected chi connectivity index (χ1v) is 13.3. The average molecular weight is 517 g/mol. The summed E-state index contributed by atoms with van der Waals surface area (Å²) < 4.78 is 26.9. The molecule has 1 aromatic rings. The Labute approximate surface area is 211 Å². The normalized spacial score (nSPS) is 17.4. The van der Waals surface area contributed by atoms with Gasteiger partial charge in [0, 0.05) is 30.8 Å². The van der Waals surface area contributed by atoms with Gasteiger partial charge in [-0.2, -0.15) is 4.72 Å². The zero-order chi connectivity index (χ0) is 26.3. The number of carbonyl (C=O) groups is 3. The van der Waals surface area contributed by atoms with Crippen LogP contribution in [0.1, 0.15) is 45.5 Å². The molecular formula is C25H32N4O6S. The number of benzene rings is 1. The van der Waals surface area contributed by atoms with Gasteiger partial charge in [0.15, 0.2) is 0 Å². The van der Waals surface area contributed by atoms with Gasteiger partial charge in [0.1, 0.15) is 6.04 Å². The maximum Gasteiger partial charge on any atom is 0.323 e. The molecule has 2 aliphatic heterocycles. The molecule has 1 aromatic carbocycles. The molecule has 1 saturated heterocycles. The van der Waals surface area contributed by atoms with Gasteiger partial charge in [-0.3, -0.25) is 14.4 Å². The van der Waals surface area contributed by atoms with Crippen LogP contribution in [0.3, 0.4) is 0 Å². The van der Waals surface area contributed by atoms with E-state index in [4.69, 9.17) is 0 Å². The predicted octanol–water partition coefficient (Wildman–Crippen LogP) is 1.39. The number of carbonyl (C=O) groups excluding carboxylic acids is 2. The highest BCUT2D eigenvalue weighted by molar-refractivity contribution is 7.93. The lowest BCUT2D eigenvalue weighted by molar-refractivity contribution is -0.138. The molecule has 10 nitrogen and oxygen atoms in total. The molecule has 11 heteroatoms. The highest BCUT2D eigenvalue weighted by atomic mass is 32.2. The van der Waals surface area contributed by atoms with Crippen LogP contribution >= 0.6 is 0 Å². The smallest absolute Gasteiger partial charge is 0.323 e. The first-order chi connectivity index (χ1) is 17.2. The maximum atomic E-state index is 12.9. The lowest BCUT2D eigenvalue weighted by atomic mass is 9.94. The molecule has 0 spiro atoms. The lowest BCUT2D eigenvalue weighted by Gasteiger charge is -2.25. The van der Waals surface area contributed by atoms with Crippen molar-refractivity contribution in [2.45, 2.75) is 31.8 Å². The minimum absolute atomic E-state index is 0.129. The van der Waals surface area contributed by atoms with Gasteiger partial charge in [0.2, 0.25) is 10.0 Å². The van der Waals surface area contributed by atoms with Crippen LogP contribution < -0.4 is 15.4 Å². The van der Waals surface area contributed by atoms with Crippen LogP contribution in [0.15, 0.2) is 54.5 Å². The van der Waals surface area contributed by atoms with Crippen LogP contribution in [-0.4, -0.2) is 68.4 Å². The Kier molecular flexibility index (Phi) is 9.19. The van der Waals surface area contributed by atoms with Crippen molar-refractivity contribution >= 4 is 27.8 Å². The fourth-order valence-corrected chi connectivity index (χ4v) is 5.50. The van der Waals surface area contributed by atoms with Crippen molar-refractivity contribution in [3.63, 3.8) is 0 Å². The summed E-state index contributed by atoms with van der Waals surface area (Å²) in [6, 6.07) is 3.18. The second-order valence-electron chi connectivity index (χ2n) is 8.81. The molecule has 1 fully saturated rings. The van der Waals surface area contributed by atoms with Crippen LogP contribution in [0.5, 0.6) is 0 Å². The van der Waals surface area contributed by atoms with E-state index >= 15 is 0 Å². The van der Waals surface area contributed by atoms with E-state index in [9.17, 15) is 27.9 Å². The fourth-order valence-electron chi connectivity index (χ4n) is 4.31. The average Bonchev–Trinajstić information content (AvgIpc) is 3.18. The Bertz CT molecular complexity index is 1170. The van der Waals surface area contributed by atoms with E-state index in [-0.39, 0.29) is 16.4 Å². The van der Waals surface area contributed by atoms with Gasteiger partial charge in [-0.25, -0.2) is 8.42 Å². The Hall–Kier alpha value is -3.28. The first-order valence-electron chi connectivity index (χ1n) is 11.8. The third-order valence-electron chi connectivity index (χ3n) is 6.37. The highest BCUT2D eigenvalue weighted by Crippen LogP contribution is 2.26. The molecule has 0 radical (unpaired) electrons. The second kappa shape index (κ2) is 12.1. The summed E-state index contributed by atoms with van der Waals surface area (Å²) in [5.74, 6) is -1.61. The van der Waals surface area contributed by atoms with Gasteiger partial charge >= 0.3 is 5.97 Å². The van der Waals surface area contributed by atoms with Gasteiger partial charge in [0.25, 0.3) is 11.8 Å². The Morgan fingerprint density at radius 1 is 1.25 bits per heavy atom. The van der Waals surface area contributed by atoms with Gasteiger partial charge in [-0.1, -0.05) is 25.3 Å². The minimum atomic E-state index is -4.19. The molecule has 4 N–H and O–H groups in total. The largest absolute Gasteiger partial charge is 0.480 e. The summed E-state index contributed by atoms with van der Waals surface area (Å²) in [4.78, 5) is 38.7. The molecule has 0 unspecified atom stereocenters. The third-order valence-corrected chi connectivity index (χ3v) is 7.89.